The van der Waals surface area contributed by atoms with E-state index in [4.69, 9.17) is 0 Å². The van der Waals surface area contributed by atoms with Crippen molar-refractivity contribution in [2.24, 2.45) is 5.92 Å². The largest absolute Gasteiger partial charge is 0.356 e. The molecule has 1 unspecified atom stereocenters. The van der Waals surface area contributed by atoms with Crippen molar-refractivity contribution in [3.05, 3.63) is 0 Å². The highest BCUT2D eigenvalue weighted by atomic mass is 32.2. The molecule has 4 fully saturated rings. The lowest BCUT2D eigenvalue weighted by molar-refractivity contribution is -0.126. The van der Waals surface area contributed by atoms with Gasteiger partial charge in [0.25, 0.3) is 10.2 Å². The Morgan fingerprint density at radius 1 is 0.758 bits per heavy atom. The molecule has 1 N–H and O–H groups in total. The van der Waals surface area contributed by atoms with Gasteiger partial charge >= 0.3 is 0 Å². The third-order valence-corrected chi connectivity index (χ3v) is 10.1. The zero-order valence-electron chi connectivity index (χ0n) is 20.4. The van der Waals surface area contributed by atoms with Crippen molar-refractivity contribution in [2.75, 3.05) is 65.4 Å². The Morgan fingerprint density at radius 2 is 1.39 bits per heavy atom. The van der Waals surface area contributed by atoms with Crippen LogP contribution in [-0.2, 0) is 15.0 Å². The lowest BCUT2D eigenvalue weighted by atomic mass is 9.99. The van der Waals surface area contributed by atoms with E-state index in [1.807, 2.05) is 0 Å². The van der Waals surface area contributed by atoms with E-state index < -0.39 is 10.2 Å². The molecule has 190 valence electrons. The minimum Gasteiger partial charge on any atom is -0.356 e. The Labute approximate surface area is 201 Å². The number of amides is 1. The van der Waals surface area contributed by atoms with E-state index in [9.17, 15) is 13.2 Å². The minimum absolute atomic E-state index is 0.0253. The van der Waals surface area contributed by atoms with Crippen LogP contribution in [0.3, 0.4) is 0 Å². The van der Waals surface area contributed by atoms with Crippen molar-refractivity contribution in [3.8, 4) is 0 Å². The monoisotopic (exact) mass is 483 g/mol. The van der Waals surface area contributed by atoms with Crippen LogP contribution in [0.25, 0.3) is 0 Å². The number of hydrogen-bond donors (Lipinski definition) is 1. The second kappa shape index (κ2) is 12.3. The number of nitrogens with zero attached hydrogens (tertiary/aromatic N) is 4. The van der Waals surface area contributed by atoms with Crippen LogP contribution in [0.5, 0.6) is 0 Å². The van der Waals surface area contributed by atoms with Crippen LogP contribution in [0.4, 0.5) is 0 Å². The summed E-state index contributed by atoms with van der Waals surface area (Å²) in [5.41, 5.74) is 0. The number of likely N-dealkylation sites (tertiary alicyclic amines) is 2. The van der Waals surface area contributed by atoms with Gasteiger partial charge in [0.15, 0.2) is 0 Å². The summed E-state index contributed by atoms with van der Waals surface area (Å²) in [7, 11) is -3.43. The Bertz CT molecular complexity index is 714. The van der Waals surface area contributed by atoms with Crippen LogP contribution < -0.4 is 5.32 Å². The molecule has 0 spiro atoms. The zero-order valence-corrected chi connectivity index (χ0v) is 21.2. The second-order valence-corrected chi connectivity index (χ2v) is 12.4. The summed E-state index contributed by atoms with van der Waals surface area (Å²) in [5, 5.41) is 3.10. The van der Waals surface area contributed by atoms with Crippen LogP contribution in [0.15, 0.2) is 0 Å². The Hall–Kier alpha value is -0.740. The summed E-state index contributed by atoms with van der Waals surface area (Å²) in [6.07, 6.45) is 12.2. The number of rotatable bonds is 8. The number of hydrogen-bond acceptors (Lipinski definition) is 5. The van der Waals surface area contributed by atoms with E-state index in [-0.39, 0.29) is 11.8 Å². The molecule has 0 aromatic carbocycles. The average Bonchev–Trinajstić information content (AvgIpc) is 2.88. The first kappa shape index (κ1) is 25.4. The van der Waals surface area contributed by atoms with Gasteiger partial charge in [-0.1, -0.05) is 12.8 Å². The zero-order chi connectivity index (χ0) is 23.1. The molecule has 0 bridgehead atoms. The van der Waals surface area contributed by atoms with Crippen molar-refractivity contribution >= 4 is 16.1 Å². The van der Waals surface area contributed by atoms with Gasteiger partial charge in [-0.3, -0.25) is 4.79 Å². The number of carbonyl (C=O) groups is 1. The molecular formula is C24H45N5O3S. The molecule has 0 aliphatic carbocycles. The third-order valence-electron chi connectivity index (χ3n) is 8.14. The first-order valence-electron chi connectivity index (χ1n) is 13.5. The van der Waals surface area contributed by atoms with E-state index in [1.54, 1.807) is 8.61 Å². The van der Waals surface area contributed by atoms with Crippen molar-refractivity contribution in [2.45, 2.75) is 76.7 Å². The third kappa shape index (κ3) is 6.90. The molecule has 1 atom stereocenters. The van der Waals surface area contributed by atoms with Crippen molar-refractivity contribution in [3.63, 3.8) is 0 Å². The molecule has 0 aromatic rings. The fraction of sp³-hybridized carbons (Fsp3) is 0.958. The van der Waals surface area contributed by atoms with E-state index in [0.29, 0.717) is 32.7 Å². The molecule has 4 heterocycles. The van der Waals surface area contributed by atoms with Crippen LogP contribution >= 0.6 is 0 Å². The predicted molar refractivity (Wildman–Crippen MR) is 131 cm³/mol. The second-order valence-electron chi connectivity index (χ2n) is 10.5. The van der Waals surface area contributed by atoms with Crippen LogP contribution in [-0.4, -0.2) is 104 Å². The molecule has 4 rings (SSSR count). The fourth-order valence-electron chi connectivity index (χ4n) is 6.08. The highest BCUT2D eigenvalue weighted by Gasteiger charge is 2.36. The van der Waals surface area contributed by atoms with Gasteiger partial charge in [0, 0.05) is 38.8 Å². The van der Waals surface area contributed by atoms with Gasteiger partial charge in [0.1, 0.15) is 0 Å². The maximum Gasteiger partial charge on any atom is 0.281 e. The minimum atomic E-state index is -3.43. The maximum absolute atomic E-state index is 13.0. The predicted octanol–water partition coefficient (Wildman–Crippen LogP) is 1.89. The van der Waals surface area contributed by atoms with Crippen molar-refractivity contribution in [1.82, 2.24) is 23.7 Å². The topological polar surface area (TPSA) is 76.2 Å². The molecular weight excluding hydrogens is 438 g/mol. The highest BCUT2D eigenvalue weighted by Crippen LogP contribution is 2.24. The number of nitrogens with one attached hydrogen (secondary N) is 1. The normalized spacial score (nSPS) is 28.1. The molecule has 33 heavy (non-hydrogen) atoms. The molecule has 0 radical (unpaired) electrons. The first-order chi connectivity index (χ1) is 16.0. The lowest BCUT2D eigenvalue weighted by Gasteiger charge is -2.40. The van der Waals surface area contributed by atoms with Crippen LogP contribution in [0, 0.1) is 5.92 Å². The van der Waals surface area contributed by atoms with Gasteiger partial charge in [-0.2, -0.15) is 17.0 Å². The maximum atomic E-state index is 13.0. The van der Waals surface area contributed by atoms with Gasteiger partial charge in [0.2, 0.25) is 5.91 Å². The average molecular weight is 484 g/mol. The summed E-state index contributed by atoms with van der Waals surface area (Å²) in [6.45, 7) is 8.72. The Morgan fingerprint density at radius 3 is 2.09 bits per heavy atom. The van der Waals surface area contributed by atoms with E-state index in [1.165, 1.54) is 58.3 Å². The van der Waals surface area contributed by atoms with Crippen LogP contribution in [0.1, 0.15) is 70.6 Å². The van der Waals surface area contributed by atoms with E-state index in [0.717, 1.165) is 51.1 Å². The lowest BCUT2D eigenvalue weighted by Crippen LogP contribution is -2.51. The Balaban J connectivity index is 1.13. The van der Waals surface area contributed by atoms with Gasteiger partial charge in [-0.25, -0.2) is 0 Å². The molecule has 1 amide bonds. The highest BCUT2D eigenvalue weighted by molar-refractivity contribution is 7.86. The van der Waals surface area contributed by atoms with Crippen molar-refractivity contribution in [1.29, 1.82) is 0 Å². The van der Waals surface area contributed by atoms with Gasteiger partial charge in [-0.15, -0.1) is 0 Å². The smallest absolute Gasteiger partial charge is 0.281 e. The summed E-state index contributed by atoms with van der Waals surface area (Å²) in [5.74, 6) is -0.198. The van der Waals surface area contributed by atoms with Crippen molar-refractivity contribution < 1.29 is 13.2 Å². The van der Waals surface area contributed by atoms with Gasteiger partial charge < -0.3 is 15.1 Å². The molecule has 9 heteroatoms. The molecule has 4 aliphatic rings. The fourth-order valence-corrected chi connectivity index (χ4v) is 7.85. The summed E-state index contributed by atoms with van der Waals surface area (Å²) in [6, 6.07) is 0.775. The van der Waals surface area contributed by atoms with E-state index in [2.05, 4.69) is 15.1 Å². The summed E-state index contributed by atoms with van der Waals surface area (Å²) < 4.78 is 29.1. The standard InChI is InChI=1S/C24H45N5O3S/c30-24(22-9-7-18-29(21-22)33(31,32)28-16-5-2-6-17-28)25-12-8-13-26-19-10-23(11-20-26)27-14-3-1-4-15-27/h22-23H,1-21H2,(H,25,30). The number of carbonyl (C=O) groups excluding carboxylic acids is 1. The Kier molecular flexibility index (Phi) is 9.44. The van der Waals surface area contributed by atoms with E-state index >= 15 is 0 Å². The molecule has 0 aromatic heterocycles. The summed E-state index contributed by atoms with van der Waals surface area (Å²) in [4.78, 5) is 18.0. The SMILES string of the molecule is O=C(NCCCN1CCC(N2CCCCC2)CC1)C1CCCN(S(=O)(=O)N2CCCCC2)C1. The molecule has 8 nitrogen and oxygen atoms in total. The molecule has 4 aliphatic heterocycles. The summed E-state index contributed by atoms with van der Waals surface area (Å²) >= 11 is 0. The number of piperidine rings is 4. The van der Waals surface area contributed by atoms with Crippen LogP contribution in [0.2, 0.25) is 0 Å². The first-order valence-corrected chi connectivity index (χ1v) is 14.9. The van der Waals surface area contributed by atoms with Gasteiger partial charge in [0.05, 0.1) is 5.92 Å². The quantitative estimate of drug-likeness (QED) is 0.534. The van der Waals surface area contributed by atoms with Gasteiger partial charge in [-0.05, 0) is 90.5 Å². The molecule has 0 saturated carbocycles. The molecule has 4 saturated heterocycles.